The lowest BCUT2D eigenvalue weighted by Gasteiger charge is -2.36. The molecular weight excluding hydrogens is 208 g/mol. The third kappa shape index (κ3) is 0.821. The van der Waals surface area contributed by atoms with Crippen LogP contribution in [0.25, 0.3) is 0 Å². The molecule has 1 aromatic rings. The van der Waals surface area contributed by atoms with Crippen molar-refractivity contribution >= 4 is 5.78 Å². The molecule has 5 rings (SSSR count). The van der Waals surface area contributed by atoms with Crippen molar-refractivity contribution in [1.29, 1.82) is 0 Å². The molecule has 17 heavy (non-hydrogen) atoms. The summed E-state index contributed by atoms with van der Waals surface area (Å²) in [6.07, 6.45) is 2.92. The minimum atomic E-state index is 0.216. The minimum absolute atomic E-state index is 0.216. The van der Waals surface area contributed by atoms with Crippen LogP contribution in [0.15, 0.2) is 18.2 Å². The zero-order valence-electron chi connectivity index (χ0n) is 10.0. The zero-order valence-corrected chi connectivity index (χ0v) is 10.0. The van der Waals surface area contributed by atoms with Crippen molar-refractivity contribution in [3.63, 3.8) is 0 Å². The van der Waals surface area contributed by atoms with E-state index in [1.807, 2.05) is 6.07 Å². The lowest BCUT2D eigenvalue weighted by atomic mass is 9.69. The van der Waals surface area contributed by atoms with Gasteiger partial charge in [-0.25, -0.2) is 0 Å². The summed E-state index contributed by atoms with van der Waals surface area (Å²) in [4.78, 5) is 11.5. The Morgan fingerprint density at radius 2 is 1.88 bits per heavy atom. The van der Waals surface area contributed by atoms with Gasteiger partial charge in [-0.1, -0.05) is 12.1 Å². The van der Waals surface area contributed by atoms with Crippen molar-refractivity contribution in [2.24, 2.45) is 23.7 Å². The van der Waals surface area contributed by atoms with E-state index in [2.05, 4.69) is 12.1 Å². The van der Waals surface area contributed by atoms with E-state index in [4.69, 9.17) is 0 Å². The van der Waals surface area contributed by atoms with Gasteiger partial charge in [-0.3, -0.25) is 4.79 Å². The van der Waals surface area contributed by atoms with Crippen LogP contribution in [0.4, 0.5) is 0 Å². The second-order valence-electron chi connectivity index (χ2n) is 6.51. The zero-order chi connectivity index (χ0) is 11.3. The minimum Gasteiger partial charge on any atom is -0.295 e. The highest BCUT2D eigenvalue weighted by atomic mass is 16.1. The second kappa shape index (κ2) is 2.50. The second-order valence-corrected chi connectivity index (χ2v) is 6.51. The molecule has 1 nitrogen and oxygen atoms in total. The number of hydrogen-bond donors (Lipinski definition) is 0. The molecule has 3 saturated carbocycles. The van der Waals surface area contributed by atoms with Crippen molar-refractivity contribution in [3.05, 3.63) is 34.9 Å². The molecule has 0 radical (unpaired) electrons. The van der Waals surface area contributed by atoms with Gasteiger partial charge in [0.2, 0.25) is 0 Å². The molecule has 0 aromatic heterocycles. The van der Waals surface area contributed by atoms with Crippen LogP contribution >= 0.6 is 0 Å². The average Bonchev–Trinajstić information content (AvgIpc) is 2.81. The van der Waals surface area contributed by atoms with Gasteiger partial charge in [0.05, 0.1) is 0 Å². The van der Waals surface area contributed by atoms with Crippen molar-refractivity contribution in [1.82, 2.24) is 0 Å². The van der Waals surface area contributed by atoms with Gasteiger partial charge in [0.25, 0.3) is 0 Å². The number of benzene rings is 1. The summed E-state index contributed by atoms with van der Waals surface area (Å²) in [5.74, 6) is 5.97. The third-order valence-corrected chi connectivity index (χ3v) is 6.10. The third-order valence-electron chi connectivity index (χ3n) is 6.10. The number of hydrogen-bond acceptors (Lipinski definition) is 1. The Labute approximate surface area is 101 Å². The summed E-state index contributed by atoms with van der Waals surface area (Å²) < 4.78 is 0. The highest BCUT2D eigenvalue weighted by Gasteiger charge is 2.73. The number of rotatable bonds is 1. The highest BCUT2D eigenvalue weighted by molar-refractivity contribution is 5.94. The van der Waals surface area contributed by atoms with Crippen LogP contribution in [0.5, 0.6) is 0 Å². The van der Waals surface area contributed by atoms with Crippen LogP contribution in [-0.4, -0.2) is 5.78 Å². The van der Waals surface area contributed by atoms with Crippen LogP contribution in [-0.2, 0) is 0 Å². The predicted molar refractivity (Wildman–Crippen MR) is 65.1 cm³/mol. The molecule has 4 aliphatic rings. The lowest BCUT2D eigenvalue weighted by molar-refractivity contribution is 0.101. The van der Waals surface area contributed by atoms with E-state index in [0.29, 0.717) is 0 Å². The first kappa shape index (κ1) is 8.91. The largest absolute Gasteiger partial charge is 0.295 e. The van der Waals surface area contributed by atoms with Gasteiger partial charge in [-0.05, 0) is 72.5 Å². The monoisotopic (exact) mass is 224 g/mol. The first-order valence-corrected chi connectivity index (χ1v) is 6.92. The first-order chi connectivity index (χ1) is 8.27. The quantitative estimate of drug-likeness (QED) is 0.668. The maximum absolute atomic E-state index is 11.5. The lowest BCUT2D eigenvalue weighted by Crippen LogP contribution is -2.26. The van der Waals surface area contributed by atoms with E-state index >= 15 is 0 Å². The summed E-state index contributed by atoms with van der Waals surface area (Å²) in [5, 5.41) is 0. The molecule has 1 heteroatoms. The van der Waals surface area contributed by atoms with E-state index < -0.39 is 0 Å². The Morgan fingerprint density at radius 3 is 2.59 bits per heavy atom. The molecule has 4 aliphatic carbocycles. The fraction of sp³-hybridized carbons (Fsp3) is 0.562. The van der Waals surface area contributed by atoms with Gasteiger partial charge in [0.15, 0.2) is 5.78 Å². The molecule has 0 aliphatic heterocycles. The standard InChI is InChI=1S/C16H16O/c1-7(17)8-2-3-11-12(6-8)13-9-4-5-10(9)14-15(11)16(13)14/h2-3,6,9-10,13-16H,4-5H2,1H3/t9-,10+,13+,14-,15+,16-/m1/s1. The number of carbonyl (C=O) groups is 1. The SMILES string of the molecule is CC(=O)c1ccc2c(c1)[C@@H]1[C@@H]3CC[C@@H]3[C@@H]3[C@H]2[C@H]13. The molecule has 86 valence electrons. The van der Waals surface area contributed by atoms with Crippen LogP contribution in [0.2, 0.25) is 0 Å². The van der Waals surface area contributed by atoms with E-state index in [1.165, 1.54) is 12.8 Å². The topological polar surface area (TPSA) is 17.1 Å². The molecule has 6 atom stereocenters. The van der Waals surface area contributed by atoms with Crippen LogP contribution < -0.4 is 0 Å². The van der Waals surface area contributed by atoms with Crippen molar-refractivity contribution < 1.29 is 4.79 Å². The molecule has 0 spiro atoms. The summed E-state index contributed by atoms with van der Waals surface area (Å²) in [7, 11) is 0. The van der Waals surface area contributed by atoms with Crippen LogP contribution in [0.1, 0.15) is 53.1 Å². The molecule has 0 saturated heterocycles. The van der Waals surface area contributed by atoms with Crippen LogP contribution in [0, 0.1) is 23.7 Å². The van der Waals surface area contributed by atoms with Gasteiger partial charge >= 0.3 is 0 Å². The Balaban J connectivity index is 1.69. The molecule has 3 fully saturated rings. The Hall–Kier alpha value is -1.11. The summed E-state index contributed by atoms with van der Waals surface area (Å²) in [6, 6.07) is 6.52. The van der Waals surface area contributed by atoms with Crippen LogP contribution in [0.3, 0.4) is 0 Å². The Bertz CT molecular complexity index is 559. The fourth-order valence-electron chi connectivity index (χ4n) is 5.37. The Morgan fingerprint density at radius 1 is 1.06 bits per heavy atom. The predicted octanol–water partition coefficient (Wildman–Crippen LogP) is 3.36. The fourth-order valence-corrected chi connectivity index (χ4v) is 5.37. The maximum atomic E-state index is 11.5. The smallest absolute Gasteiger partial charge is 0.159 e. The van der Waals surface area contributed by atoms with Crippen molar-refractivity contribution in [3.8, 4) is 0 Å². The summed E-state index contributed by atoms with van der Waals surface area (Å²) >= 11 is 0. The van der Waals surface area contributed by atoms with Crippen molar-refractivity contribution in [2.45, 2.75) is 31.6 Å². The molecule has 0 unspecified atom stereocenters. The summed E-state index contributed by atoms with van der Waals surface area (Å²) in [6.45, 7) is 1.68. The highest BCUT2D eigenvalue weighted by Crippen LogP contribution is 2.81. The number of Topliss-reactive ketones (excluding diaryl/α,β-unsaturated/α-hetero) is 1. The van der Waals surface area contributed by atoms with Crippen molar-refractivity contribution in [2.75, 3.05) is 0 Å². The molecule has 0 heterocycles. The summed E-state index contributed by atoms with van der Waals surface area (Å²) in [5.41, 5.74) is 4.07. The van der Waals surface area contributed by atoms with Gasteiger partial charge < -0.3 is 0 Å². The van der Waals surface area contributed by atoms with Gasteiger partial charge in [0, 0.05) is 5.56 Å². The molecule has 0 bridgehead atoms. The normalized spacial score (nSPS) is 46.9. The van der Waals surface area contributed by atoms with Gasteiger partial charge in [0.1, 0.15) is 0 Å². The number of carbonyl (C=O) groups excluding carboxylic acids is 1. The van der Waals surface area contributed by atoms with Gasteiger partial charge in [-0.15, -0.1) is 0 Å². The van der Waals surface area contributed by atoms with E-state index in [9.17, 15) is 4.79 Å². The molecule has 0 N–H and O–H groups in total. The van der Waals surface area contributed by atoms with E-state index in [-0.39, 0.29) is 5.78 Å². The molecular formula is C16H16O. The average molecular weight is 224 g/mol. The maximum Gasteiger partial charge on any atom is 0.159 e. The number of fused-ring (bicyclic) bond motifs is 7. The molecule has 1 aromatic carbocycles. The first-order valence-electron chi connectivity index (χ1n) is 6.92. The van der Waals surface area contributed by atoms with Gasteiger partial charge in [-0.2, -0.15) is 0 Å². The van der Waals surface area contributed by atoms with E-state index in [1.54, 1.807) is 18.1 Å². The Kier molecular flexibility index (Phi) is 1.31. The number of ketones is 1. The van der Waals surface area contributed by atoms with E-state index in [0.717, 1.165) is 41.1 Å². The molecule has 0 amide bonds.